The van der Waals surface area contributed by atoms with E-state index in [2.05, 4.69) is 5.10 Å². The second kappa shape index (κ2) is 9.09. The minimum absolute atomic E-state index is 0.00463. The molecule has 9 nitrogen and oxygen atoms in total. The highest BCUT2D eigenvalue weighted by atomic mass is 32.2. The Kier molecular flexibility index (Phi) is 6.50. The zero-order valence-electron chi connectivity index (χ0n) is 17.7. The molecule has 31 heavy (non-hydrogen) atoms. The van der Waals surface area contributed by atoms with Gasteiger partial charge in [0.05, 0.1) is 47.4 Å². The number of aromatic nitrogens is 2. The van der Waals surface area contributed by atoms with Gasteiger partial charge < -0.3 is 14.2 Å². The molecule has 2 aromatic carbocycles. The Morgan fingerprint density at radius 2 is 1.68 bits per heavy atom. The van der Waals surface area contributed by atoms with Crippen LogP contribution < -0.4 is 14.2 Å². The Bertz CT molecular complexity index is 1130. The van der Waals surface area contributed by atoms with Crippen LogP contribution >= 0.6 is 11.8 Å². The van der Waals surface area contributed by atoms with Crippen LogP contribution in [0.15, 0.2) is 46.2 Å². The van der Waals surface area contributed by atoms with Crippen LogP contribution in [0.2, 0.25) is 0 Å². The molecule has 0 saturated heterocycles. The fourth-order valence-corrected chi connectivity index (χ4v) is 4.14. The number of hydrogen-bond acceptors (Lipinski definition) is 8. The number of nitrogens with zero attached hydrogens (tertiary/aromatic N) is 3. The lowest BCUT2D eigenvalue weighted by molar-refractivity contribution is -0.387. The molecule has 0 aliphatic carbocycles. The monoisotopic (exact) mass is 443 g/mol. The average Bonchev–Trinajstić information content (AvgIpc) is 3.05. The topological polar surface area (TPSA) is 106 Å². The number of hydrogen-bond donors (Lipinski definition) is 0. The van der Waals surface area contributed by atoms with Gasteiger partial charge in [-0.3, -0.25) is 14.9 Å². The summed E-state index contributed by atoms with van der Waals surface area (Å²) in [6, 6.07) is 9.55. The van der Waals surface area contributed by atoms with Crippen molar-refractivity contribution in [1.82, 2.24) is 9.78 Å². The van der Waals surface area contributed by atoms with Crippen molar-refractivity contribution in [3.05, 3.63) is 63.5 Å². The van der Waals surface area contributed by atoms with Crippen LogP contribution in [-0.4, -0.2) is 41.9 Å². The highest BCUT2D eigenvalue weighted by molar-refractivity contribution is 7.99. The van der Waals surface area contributed by atoms with Crippen molar-refractivity contribution in [3.8, 4) is 17.2 Å². The highest BCUT2D eigenvalue weighted by Gasteiger charge is 2.24. The van der Waals surface area contributed by atoms with E-state index in [1.54, 1.807) is 44.2 Å². The van der Waals surface area contributed by atoms with E-state index in [0.717, 1.165) is 0 Å². The fourth-order valence-electron chi connectivity index (χ4n) is 3.10. The number of rotatable bonds is 7. The SMILES string of the molecule is COc1cc(C(=O)n2nc(C)c(Sc3ccccc3[N+](=O)[O-])c2C)cc(OC)c1OC. The van der Waals surface area contributed by atoms with Crippen LogP contribution in [0.1, 0.15) is 21.7 Å². The van der Waals surface area contributed by atoms with Gasteiger partial charge in [-0.25, -0.2) is 0 Å². The van der Waals surface area contributed by atoms with E-state index >= 15 is 0 Å². The smallest absolute Gasteiger partial charge is 0.283 e. The normalized spacial score (nSPS) is 10.6. The standard InChI is InChI=1S/C21H21N3O6S/c1-12-20(31-18-9-7-6-8-15(18)24(26)27)13(2)23(22-12)21(25)14-10-16(28-3)19(30-5)17(11-14)29-4/h6-11H,1-5H3. The molecule has 0 aliphatic rings. The summed E-state index contributed by atoms with van der Waals surface area (Å²) < 4.78 is 17.2. The summed E-state index contributed by atoms with van der Waals surface area (Å²) in [6.45, 7) is 3.50. The Morgan fingerprint density at radius 1 is 1.06 bits per heavy atom. The lowest BCUT2D eigenvalue weighted by Gasteiger charge is -2.14. The molecule has 0 spiro atoms. The molecule has 3 aromatic rings. The van der Waals surface area contributed by atoms with Gasteiger partial charge in [-0.2, -0.15) is 9.78 Å². The number of aryl methyl sites for hydroxylation is 1. The van der Waals surface area contributed by atoms with Crippen LogP contribution in [0.25, 0.3) is 0 Å². The third kappa shape index (κ3) is 4.19. The number of para-hydroxylation sites is 1. The zero-order valence-corrected chi connectivity index (χ0v) is 18.5. The molecule has 1 aromatic heterocycles. The molecular weight excluding hydrogens is 422 g/mol. The molecule has 0 radical (unpaired) electrons. The predicted molar refractivity (Wildman–Crippen MR) is 115 cm³/mol. The largest absolute Gasteiger partial charge is 0.493 e. The van der Waals surface area contributed by atoms with E-state index in [-0.39, 0.29) is 5.69 Å². The Hall–Kier alpha value is -3.53. The summed E-state index contributed by atoms with van der Waals surface area (Å²) in [7, 11) is 4.42. The summed E-state index contributed by atoms with van der Waals surface area (Å²) in [5.74, 6) is 0.680. The summed E-state index contributed by atoms with van der Waals surface area (Å²) in [5.41, 5.74) is 1.44. The minimum atomic E-state index is -0.432. The van der Waals surface area contributed by atoms with E-state index < -0.39 is 10.8 Å². The van der Waals surface area contributed by atoms with Crippen LogP contribution in [0, 0.1) is 24.0 Å². The van der Waals surface area contributed by atoms with Gasteiger partial charge >= 0.3 is 0 Å². The quantitative estimate of drug-likeness (QED) is 0.394. The molecule has 0 atom stereocenters. The van der Waals surface area contributed by atoms with Gasteiger partial charge in [0, 0.05) is 11.6 Å². The summed E-state index contributed by atoms with van der Waals surface area (Å²) in [6.07, 6.45) is 0. The first kappa shape index (κ1) is 22.2. The summed E-state index contributed by atoms with van der Waals surface area (Å²) in [5, 5.41) is 15.7. The van der Waals surface area contributed by atoms with Crippen LogP contribution in [0.4, 0.5) is 5.69 Å². The van der Waals surface area contributed by atoms with Gasteiger partial charge in [-0.15, -0.1) is 0 Å². The van der Waals surface area contributed by atoms with E-state index in [1.807, 2.05) is 0 Å². The molecular formula is C21H21N3O6S. The first-order valence-corrected chi connectivity index (χ1v) is 9.96. The van der Waals surface area contributed by atoms with Gasteiger partial charge in [0.15, 0.2) is 11.5 Å². The van der Waals surface area contributed by atoms with E-state index in [4.69, 9.17) is 14.2 Å². The molecule has 3 rings (SSSR count). The van der Waals surface area contributed by atoms with Crippen molar-refractivity contribution in [3.63, 3.8) is 0 Å². The van der Waals surface area contributed by atoms with Gasteiger partial charge in [0.25, 0.3) is 11.6 Å². The van der Waals surface area contributed by atoms with Gasteiger partial charge in [-0.05, 0) is 32.0 Å². The molecule has 0 saturated carbocycles. The maximum Gasteiger partial charge on any atom is 0.283 e. The maximum atomic E-state index is 13.2. The lowest BCUT2D eigenvalue weighted by atomic mass is 10.1. The van der Waals surface area contributed by atoms with Crippen molar-refractivity contribution >= 4 is 23.4 Å². The Labute approximate surface area is 183 Å². The van der Waals surface area contributed by atoms with E-state index in [1.165, 1.54) is 43.8 Å². The number of ether oxygens (including phenoxy) is 3. The average molecular weight is 443 g/mol. The molecule has 0 amide bonds. The molecule has 0 aliphatic heterocycles. The van der Waals surface area contributed by atoms with Crippen LogP contribution in [0.3, 0.4) is 0 Å². The zero-order chi connectivity index (χ0) is 22.7. The first-order valence-electron chi connectivity index (χ1n) is 9.14. The molecule has 0 N–H and O–H groups in total. The minimum Gasteiger partial charge on any atom is -0.493 e. The Morgan fingerprint density at radius 3 is 2.23 bits per heavy atom. The summed E-state index contributed by atoms with van der Waals surface area (Å²) >= 11 is 1.20. The van der Waals surface area contributed by atoms with E-state index in [9.17, 15) is 14.9 Å². The number of methoxy groups -OCH3 is 3. The third-order valence-electron chi connectivity index (χ3n) is 4.60. The number of nitro benzene ring substituents is 1. The first-order chi connectivity index (χ1) is 14.8. The van der Waals surface area contributed by atoms with Crippen molar-refractivity contribution in [2.75, 3.05) is 21.3 Å². The third-order valence-corrected chi connectivity index (χ3v) is 5.96. The Balaban J connectivity index is 2.03. The maximum absolute atomic E-state index is 13.2. The van der Waals surface area contributed by atoms with Gasteiger partial charge in [0.1, 0.15) is 0 Å². The van der Waals surface area contributed by atoms with Crippen LogP contribution in [0.5, 0.6) is 17.2 Å². The van der Waals surface area contributed by atoms with E-state index in [0.29, 0.717) is 44.0 Å². The molecule has 0 bridgehead atoms. The summed E-state index contributed by atoms with van der Waals surface area (Å²) in [4.78, 5) is 25.3. The van der Waals surface area contributed by atoms with Crippen molar-refractivity contribution in [1.29, 1.82) is 0 Å². The molecule has 162 valence electrons. The molecule has 10 heteroatoms. The number of carbonyl (C=O) groups is 1. The fraction of sp³-hybridized carbons (Fsp3) is 0.238. The van der Waals surface area contributed by atoms with Crippen molar-refractivity contribution in [2.45, 2.75) is 23.6 Å². The molecule has 0 fully saturated rings. The number of benzene rings is 2. The van der Waals surface area contributed by atoms with Crippen LogP contribution in [-0.2, 0) is 0 Å². The molecule has 1 heterocycles. The van der Waals surface area contributed by atoms with Gasteiger partial charge in [0.2, 0.25) is 5.75 Å². The second-order valence-electron chi connectivity index (χ2n) is 6.46. The number of carbonyl (C=O) groups excluding carboxylic acids is 1. The second-order valence-corrected chi connectivity index (χ2v) is 7.51. The van der Waals surface area contributed by atoms with Crippen molar-refractivity contribution in [2.24, 2.45) is 0 Å². The number of nitro groups is 1. The molecule has 0 unspecified atom stereocenters. The highest BCUT2D eigenvalue weighted by Crippen LogP contribution is 2.40. The lowest BCUT2D eigenvalue weighted by Crippen LogP contribution is -2.16. The van der Waals surface area contributed by atoms with Gasteiger partial charge in [-0.1, -0.05) is 23.9 Å². The predicted octanol–water partition coefficient (Wildman–Crippen LogP) is 4.27. The van der Waals surface area contributed by atoms with Crippen molar-refractivity contribution < 1.29 is 23.9 Å².